The Hall–Kier alpha value is -3.09. The Bertz CT molecular complexity index is 873. The van der Waals surface area contributed by atoms with Crippen LogP contribution in [0.25, 0.3) is 5.65 Å². The van der Waals surface area contributed by atoms with Crippen LogP contribution in [0.4, 0.5) is 0 Å². The second-order valence-electron chi connectivity index (χ2n) is 5.81. The van der Waals surface area contributed by atoms with Crippen LogP contribution in [0.1, 0.15) is 17.8 Å². The molecule has 2 N–H and O–H groups in total. The highest BCUT2D eigenvalue weighted by atomic mass is 16.5. The van der Waals surface area contributed by atoms with E-state index in [1.807, 2.05) is 53.1 Å². The third-order valence-electron chi connectivity index (χ3n) is 4.12. The van der Waals surface area contributed by atoms with Crippen molar-refractivity contribution >= 4 is 11.6 Å². The van der Waals surface area contributed by atoms with Crippen molar-refractivity contribution < 1.29 is 4.74 Å². The van der Waals surface area contributed by atoms with Crippen molar-refractivity contribution in [2.24, 2.45) is 4.99 Å². The number of pyridine rings is 1. The summed E-state index contributed by atoms with van der Waals surface area (Å²) >= 11 is 0. The van der Waals surface area contributed by atoms with Crippen LogP contribution < -0.4 is 15.4 Å². The Kier molecular flexibility index (Phi) is 6.03. The molecule has 0 saturated carbocycles. The van der Waals surface area contributed by atoms with Crippen molar-refractivity contribution in [3.63, 3.8) is 0 Å². The lowest BCUT2D eigenvalue weighted by atomic mass is 10.2. The maximum Gasteiger partial charge on any atom is 0.191 e. The first-order valence-electron chi connectivity index (χ1n) is 8.67. The largest absolute Gasteiger partial charge is 0.496 e. The number of hydrogen-bond donors (Lipinski definition) is 2. The monoisotopic (exact) mass is 352 g/mol. The minimum atomic E-state index is 0.651. The molecular formula is C19H24N6O. The predicted octanol–water partition coefficient (Wildman–Crippen LogP) is 2.04. The van der Waals surface area contributed by atoms with E-state index in [0.717, 1.165) is 48.1 Å². The van der Waals surface area contributed by atoms with Gasteiger partial charge in [-0.1, -0.05) is 24.3 Å². The van der Waals surface area contributed by atoms with Gasteiger partial charge in [0.2, 0.25) is 0 Å². The summed E-state index contributed by atoms with van der Waals surface area (Å²) in [5.41, 5.74) is 1.97. The second-order valence-corrected chi connectivity index (χ2v) is 5.81. The van der Waals surface area contributed by atoms with Crippen molar-refractivity contribution in [3.8, 4) is 5.75 Å². The fourth-order valence-corrected chi connectivity index (χ4v) is 2.76. The number of rotatable bonds is 7. The van der Waals surface area contributed by atoms with E-state index < -0.39 is 0 Å². The highest BCUT2D eigenvalue weighted by molar-refractivity contribution is 5.79. The average Bonchev–Trinajstić information content (AvgIpc) is 3.11. The van der Waals surface area contributed by atoms with Gasteiger partial charge in [0.1, 0.15) is 11.6 Å². The standard InChI is InChI=1S/C19H24N6O/c1-20-19(22-14-15-8-3-4-9-16(15)26-2)21-12-7-11-18-24-23-17-10-5-6-13-25(17)18/h3-6,8-10,13H,7,11-12,14H2,1-2H3,(H2,20,21,22). The predicted molar refractivity (Wildman–Crippen MR) is 103 cm³/mol. The van der Waals surface area contributed by atoms with Crippen LogP contribution >= 0.6 is 0 Å². The fraction of sp³-hybridized carbons (Fsp3) is 0.316. The summed E-state index contributed by atoms with van der Waals surface area (Å²) < 4.78 is 7.39. The molecule has 136 valence electrons. The minimum Gasteiger partial charge on any atom is -0.496 e. The van der Waals surface area contributed by atoms with Crippen LogP contribution in [0.2, 0.25) is 0 Å². The Morgan fingerprint density at radius 3 is 2.81 bits per heavy atom. The number of nitrogens with zero attached hydrogens (tertiary/aromatic N) is 4. The number of guanidine groups is 1. The molecule has 0 unspecified atom stereocenters. The minimum absolute atomic E-state index is 0.651. The Balaban J connectivity index is 1.46. The maximum absolute atomic E-state index is 5.37. The van der Waals surface area contributed by atoms with Crippen molar-refractivity contribution in [1.29, 1.82) is 0 Å². The molecule has 0 bridgehead atoms. The molecule has 0 fully saturated rings. The van der Waals surface area contributed by atoms with E-state index in [-0.39, 0.29) is 0 Å². The lowest BCUT2D eigenvalue weighted by molar-refractivity contribution is 0.409. The van der Waals surface area contributed by atoms with E-state index in [2.05, 4.69) is 25.8 Å². The number of benzene rings is 1. The zero-order chi connectivity index (χ0) is 18.2. The van der Waals surface area contributed by atoms with Gasteiger partial charge in [-0.3, -0.25) is 9.39 Å². The molecule has 0 atom stereocenters. The molecule has 1 aromatic carbocycles. The summed E-state index contributed by atoms with van der Waals surface area (Å²) in [4.78, 5) is 4.26. The summed E-state index contributed by atoms with van der Waals surface area (Å²) in [5.74, 6) is 2.61. The summed E-state index contributed by atoms with van der Waals surface area (Å²) in [6.45, 7) is 1.45. The van der Waals surface area contributed by atoms with E-state index in [1.54, 1.807) is 14.2 Å². The van der Waals surface area contributed by atoms with Crippen molar-refractivity contribution in [2.75, 3.05) is 20.7 Å². The molecular weight excluding hydrogens is 328 g/mol. The number of nitrogens with one attached hydrogen (secondary N) is 2. The molecule has 0 aliphatic rings. The molecule has 0 amide bonds. The van der Waals surface area contributed by atoms with Gasteiger partial charge in [0, 0.05) is 38.3 Å². The molecule has 0 saturated heterocycles. The smallest absolute Gasteiger partial charge is 0.191 e. The molecule has 2 heterocycles. The van der Waals surface area contributed by atoms with Crippen LogP contribution in [-0.4, -0.2) is 41.3 Å². The zero-order valence-corrected chi connectivity index (χ0v) is 15.1. The molecule has 3 aromatic rings. The number of aliphatic imine (C=N–C) groups is 1. The Morgan fingerprint density at radius 1 is 1.12 bits per heavy atom. The topological polar surface area (TPSA) is 75.8 Å². The number of para-hydroxylation sites is 1. The maximum atomic E-state index is 5.37. The van der Waals surface area contributed by atoms with Gasteiger partial charge in [-0.05, 0) is 24.6 Å². The molecule has 3 rings (SSSR count). The van der Waals surface area contributed by atoms with E-state index in [9.17, 15) is 0 Å². The van der Waals surface area contributed by atoms with E-state index in [1.165, 1.54) is 0 Å². The zero-order valence-electron chi connectivity index (χ0n) is 15.1. The van der Waals surface area contributed by atoms with E-state index in [4.69, 9.17) is 4.74 Å². The van der Waals surface area contributed by atoms with Crippen LogP contribution in [0.5, 0.6) is 5.75 Å². The number of methoxy groups -OCH3 is 1. The summed E-state index contributed by atoms with van der Waals surface area (Å²) in [6, 6.07) is 13.9. The van der Waals surface area contributed by atoms with Gasteiger partial charge >= 0.3 is 0 Å². The first-order chi connectivity index (χ1) is 12.8. The third kappa shape index (κ3) is 4.30. The molecule has 7 heteroatoms. The first kappa shape index (κ1) is 17.7. The fourth-order valence-electron chi connectivity index (χ4n) is 2.76. The lowest BCUT2D eigenvalue weighted by Gasteiger charge is -2.13. The van der Waals surface area contributed by atoms with Crippen LogP contribution in [0.15, 0.2) is 53.7 Å². The van der Waals surface area contributed by atoms with Gasteiger partial charge in [-0.25, -0.2) is 0 Å². The lowest BCUT2D eigenvalue weighted by Crippen LogP contribution is -2.37. The number of ether oxygens (including phenoxy) is 1. The van der Waals surface area contributed by atoms with Crippen molar-refractivity contribution in [1.82, 2.24) is 25.2 Å². The SMILES string of the molecule is CN=C(NCCCc1nnc2ccccn12)NCc1ccccc1OC. The van der Waals surface area contributed by atoms with Gasteiger partial charge in [-0.2, -0.15) is 0 Å². The molecule has 26 heavy (non-hydrogen) atoms. The highest BCUT2D eigenvalue weighted by Crippen LogP contribution is 2.16. The first-order valence-corrected chi connectivity index (χ1v) is 8.67. The van der Waals surface area contributed by atoms with E-state index in [0.29, 0.717) is 6.54 Å². The normalized spacial score (nSPS) is 11.5. The summed E-state index contributed by atoms with van der Waals surface area (Å²) in [6.07, 6.45) is 3.78. The molecule has 2 aromatic heterocycles. The van der Waals surface area contributed by atoms with Gasteiger partial charge in [0.25, 0.3) is 0 Å². The number of aryl methyl sites for hydroxylation is 1. The summed E-state index contributed by atoms with van der Waals surface area (Å²) in [7, 11) is 3.45. The third-order valence-corrected chi connectivity index (χ3v) is 4.12. The van der Waals surface area contributed by atoms with Crippen LogP contribution in [0, 0.1) is 0 Å². The van der Waals surface area contributed by atoms with Crippen LogP contribution in [-0.2, 0) is 13.0 Å². The van der Waals surface area contributed by atoms with Crippen LogP contribution in [0.3, 0.4) is 0 Å². The molecule has 0 radical (unpaired) electrons. The average molecular weight is 352 g/mol. The Morgan fingerprint density at radius 2 is 1.96 bits per heavy atom. The van der Waals surface area contributed by atoms with Gasteiger partial charge < -0.3 is 15.4 Å². The number of aromatic nitrogens is 3. The van der Waals surface area contributed by atoms with Gasteiger partial charge in [0.05, 0.1) is 7.11 Å². The quantitative estimate of drug-likeness (QED) is 0.387. The molecule has 0 spiro atoms. The van der Waals surface area contributed by atoms with Gasteiger partial charge in [-0.15, -0.1) is 10.2 Å². The molecule has 0 aliphatic heterocycles. The highest BCUT2D eigenvalue weighted by Gasteiger charge is 2.05. The number of fused-ring (bicyclic) bond motifs is 1. The van der Waals surface area contributed by atoms with Crippen molar-refractivity contribution in [2.45, 2.75) is 19.4 Å². The Labute approximate surface area is 153 Å². The summed E-state index contributed by atoms with van der Waals surface area (Å²) in [5, 5.41) is 15.1. The molecule has 7 nitrogen and oxygen atoms in total. The second kappa shape index (κ2) is 8.84. The number of hydrogen-bond acceptors (Lipinski definition) is 4. The van der Waals surface area contributed by atoms with Gasteiger partial charge in [0.15, 0.2) is 11.6 Å². The van der Waals surface area contributed by atoms with Crippen molar-refractivity contribution in [3.05, 3.63) is 60.0 Å². The van der Waals surface area contributed by atoms with E-state index >= 15 is 0 Å². The molecule has 0 aliphatic carbocycles.